The fourth-order valence-electron chi connectivity index (χ4n) is 2.82. The molecule has 3 nitrogen and oxygen atoms in total. The van der Waals surface area contributed by atoms with Gasteiger partial charge in [0.15, 0.2) is 0 Å². The number of nitrogens with zero attached hydrogens (tertiary/aromatic N) is 2. The Morgan fingerprint density at radius 3 is 1.92 bits per heavy atom. The summed E-state index contributed by atoms with van der Waals surface area (Å²) in [6.45, 7) is 0. The van der Waals surface area contributed by atoms with E-state index < -0.39 is 0 Å². The lowest BCUT2D eigenvalue weighted by atomic mass is 9.90. The van der Waals surface area contributed by atoms with Gasteiger partial charge in [-0.1, -0.05) is 36.4 Å². The summed E-state index contributed by atoms with van der Waals surface area (Å²) in [5, 5.41) is 10.1. The van der Waals surface area contributed by atoms with Crippen LogP contribution in [0.15, 0.2) is 83.4 Å². The molecule has 1 aliphatic carbocycles. The van der Waals surface area contributed by atoms with Crippen LogP contribution in [0.1, 0.15) is 11.1 Å². The molecule has 128 valence electrons. The van der Waals surface area contributed by atoms with E-state index in [4.69, 9.17) is 5.41 Å². The predicted molar refractivity (Wildman–Crippen MR) is 114 cm³/mol. The maximum absolute atomic E-state index is 7.75. The van der Waals surface area contributed by atoms with Crippen molar-refractivity contribution in [2.45, 2.75) is 0 Å². The molecule has 0 unspecified atom stereocenters. The summed E-state index contributed by atoms with van der Waals surface area (Å²) >= 11 is 4.67. The Balaban J connectivity index is 2.12. The molecule has 0 aromatic heterocycles. The smallest absolute Gasteiger partial charge is 0.0739 e. The van der Waals surface area contributed by atoms with E-state index in [0.29, 0.717) is 5.71 Å². The Hall–Kier alpha value is -3.07. The second-order valence-corrected chi connectivity index (χ2v) is 6.33. The molecule has 0 fully saturated rings. The predicted octanol–water partition coefficient (Wildman–Crippen LogP) is 5.43. The number of isothiocyanates is 1. The zero-order chi connectivity index (χ0) is 18.5. The second-order valence-electron chi connectivity index (χ2n) is 6.14. The summed E-state index contributed by atoms with van der Waals surface area (Å²) in [6, 6.07) is 16.4. The molecule has 2 aromatic rings. The molecule has 26 heavy (non-hydrogen) atoms. The first kappa shape index (κ1) is 17.7. The van der Waals surface area contributed by atoms with Gasteiger partial charge in [0.2, 0.25) is 0 Å². The van der Waals surface area contributed by atoms with Crippen molar-refractivity contribution in [3.8, 4) is 0 Å². The molecule has 1 N–H and O–H groups in total. The van der Waals surface area contributed by atoms with Crippen LogP contribution < -0.4 is 4.90 Å². The van der Waals surface area contributed by atoms with Gasteiger partial charge in [0.25, 0.3) is 0 Å². The fourth-order valence-corrected chi connectivity index (χ4v) is 2.92. The zero-order valence-electron chi connectivity index (χ0n) is 14.7. The number of benzene rings is 2. The average molecular weight is 357 g/mol. The van der Waals surface area contributed by atoms with Crippen LogP contribution >= 0.6 is 12.2 Å². The lowest BCUT2D eigenvalue weighted by Gasteiger charge is -2.16. The van der Waals surface area contributed by atoms with Crippen molar-refractivity contribution in [2.24, 2.45) is 4.99 Å². The van der Waals surface area contributed by atoms with E-state index in [-0.39, 0.29) is 0 Å². The van der Waals surface area contributed by atoms with Crippen LogP contribution in [-0.2, 0) is 0 Å². The van der Waals surface area contributed by atoms with Crippen LogP contribution in [-0.4, -0.2) is 25.0 Å². The molecule has 0 spiro atoms. The maximum atomic E-state index is 7.75. The highest BCUT2D eigenvalue weighted by molar-refractivity contribution is 7.78. The summed E-state index contributed by atoms with van der Waals surface area (Å²) in [6.07, 6.45) is 7.60. The molecule has 4 heteroatoms. The van der Waals surface area contributed by atoms with Crippen molar-refractivity contribution in [3.63, 3.8) is 0 Å². The molecule has 0 radical (unpaired) electrons. The van der Waals surface area contributed by atoms with Gasteiger partial charge in [-0.2, -0.15) is 4.99 Å². The first-order valence-electron chi connectivity index (χ1n) is 8.23. The standard InChI is InChI=1S/C22H19N3S/c1-25(2)21-13-7-18(8-14-21)22(16-3-9-19(23)10-4-16)17-5-11-20(12-6-17)24-15-26/h3-14,23H,1-2H3. The van der Waals surface area contributed by atoms with E-state index in [1.54, 1.807) is 0 Å². The Bertz CT molecular complexity index is 937. The number of hydrogen-bond donors (Lipinski definition) is 1. The van der Waals surface area contributed by atoms with Gasteiger partial charge >= 0.3 is 0 Å². The monoisotopic (exact) mass is 357 g/mol. The minimum atomic E-state index is 0.502. The van der Waals surface area contributed by atoms with Gasteiger partial charge in [0.05, 0.1) is 16.6 Å². The number of thiocarbonyl (C=S) groups is 1. The van der Waals surface area contributed by atoms with E-state index in [1.165, 1.54) is 0 Å². The summed E-state index contributed by atoms with van der Waals surface area (Å²) < 4.78 is 0. The third kappa shape index (κ3) is 3.94. The van der Waals surface area contributed by atoms with Gasteiger partial charge in [-0.05, 0) is 70.9 Å². The molecule has 2 aromatic carbocycles. The van der Waals surface area contributed by atoms with Gasteiger partial charge in [-0.3, -0.25) is 0 Å². The third-order valence-electron chi connectivity index (χ3n) is 4.18. The molecule has 3 rings (SSSR count). The number of nitrogens with one attached hydrogen (secondary N) is 1. The molecule has 0 heterocycles. The molecular formula is C22H19N3S. The molecule has 1 aliphatic rings. The zero-order valence-corrected chi connectivity index (χ0v) is 15.5. The maximum Gasteiger partial charge on any atom is 0.0739 e. The van der Waals surface area contributed by atoms with Gasteiger partial charge in [0.1, 0.15) is 0 Å². The summed E-state index contributed by atoms with van der Waals surface area (Å²) in [4.78, 5) is 6.10. The first-order chi connectivity index (χ1) is 12.6. The van der Waals surface area contributed by atoms with E-state index in [1.807, 2.05) is 62.7 Å². The quantitative estimate of drug-likeness (QED) is 0.585. The number of hydrogen-bond acceptors (Lipinski definition) is 4. The van der Waals surface area contributed by atoms with Crippen LogP contribution in [0.25, 0.3) is 5.57 Å². The SMILES string of the molecule is CN(C)c1ccc(C(=C2C=CC(=N)C=C2)c2ccc(N=C=S)cc2)cc1. The van der Waals surface area contributed by atoms with Crippen molar-refractivity contribution in [1.82, 2.24) is 0 Å². The second kappa shape index (κ2) is 7.87. The van der Waals surface area contributed by atoms with Crippen molar-refractivity contribution in [3.05, 3.63) is 89.5 Å². The van der Waals surface area contributed by atoms with Crippen molar-refractivity contribution < 1.29 is 0 Å². The Morgan fingerprint density at radius 1 is 0.885 bits per heavy atom. The van der Waals surface area contributed by atoms with Gasteiger partial charge in [-0.15, -0.1) is 0 Å². The van der Waals surface area contributed by atoms with E-state index in [9.17, 15) is 0 Å². The number of aliphatic imine (C=N–C) groups is 1. The largest absolute Gasteiger partial charge is 0.378 e. The third-order valence-corrected chi connectivity index (χ3v) is 4.27. The van der Waals surface area contributed by atoms with Crippen molar-refractivity contribution in [2.75, 3.05) is 19.0 Å². The van der Waals surface area contributed by atoms with Crippen LogP contribution in [0.2, 0.25) is 0 Å². The minimum Gasteiger partial charge on any atom is -0.378 e. The van der Waals surface area contributed by atoms with E-state index in [0.717, 1.165) is 33.6 Å². The van der Waals surface area contributed by atoms with Crippen LogP contribution in [0.3, 0.4) is 0 Å². The average Bonchev–Trinajstić information content (AvgIpc) is 2.65. The lowest BCUT2D eigenvalue weighted by molar-refractivity contribution is 1.13. The number of anilines is 1. The molecule has 0 saturated carbocycles. The van der Waals surface area contributed by atoms with Crippen molar-refractivity contribution in [1.29, 1.82) is 5.41 Å². The summed E-state index contributed by atoms with van der Waals surface area (Å²) in [5.41, 5.74) is 6.84. The molecular weight excluding hydrogens is 338 g/mol. The van der Waals surface area contributed by atoms with Crippen molar-refractivity contribution >= 4 is 40.0 Å². The Labute approximate surface area is 159 Å². The normalized spacial score (nSPS) is 12.7. The summed E-state index contributed by atoms with van der Waals surface area (Å²) in [5.74, 6) is 0. The summed E-state index contributed by atoms with van der Waals surface area (Å²) in [7, 11) is 4.06. The molecule has 0 aliphatic heterocycles. The number of rotatable bonds is 4. The van der Waals surface area contributed by atoms with Gasteiger partial charge in [-0.25, -0.2) is 0 Å². The van der Waals surface area contributed by atoms with E-state index in [2.05, 4.69) is 51.5 Å². The number of allylic oxidation sites excluding steroid dienone is 5. The molecule has 0 saturated heterocycles. The first-order valence-corrected chi connectivity index (χ1v) is 8.64. The molecule has 0 bridgehead atoms. The van der Waals surface area contributed by atoms with Crippen LogP contribution in [0.4, 0.5) is 11.4 Å². The Morgan fingerprint density at radius 2 is 1.42 bits per heavy atom. The highest BCUT2D eigenvalue weighted by Gasteiger charge is 2.11. The van der Waals surface area contributed by atoms with Crippen LogP contribution in [0, 0.1) is 5.41 Å². The highest BCUT2D eigenvalue weighted by Crippen LogP contribution is 2.31. The van der Waals surface area contributed by atoms with Gasteiger partial charge < -0.3 is 10.3 Å². The Kier molecular flexibility index (Phi) is 5.37. The lowest BCUT2D eigenvalue weighted by Crippen LogP contribution is -2.08. The fraction of sp³-hybridized carbons (Fsp3) is 0.0909. The van der Waals surface area contributed by atoms with E-state index >= 15 is 0 Å². The minimum absolute atomic E-state index is 0.502. The molecule has 0 amide bonds. The van der Waals surface area contributed by atoms with Gasteiger partial charge in [0, 0.05) is 19.8 Å². The molecule has 0 atom stereocenters. The highest BCUT2D eigenvalue weighted by atomic mass is 32.1. The topological polar surface area (TPSA) is 39.5 Å². The van der Waals surface area contributed by atoms with Crippen LogP contribution in [0.5, 0.6) is 0 Å².